The molecule has 1 unspecified atom stereocenters. The Morgan fingerprint density at radius 1 is 1.00 bits per heavy atom. The van der Waals surface area contributed by atoms with Crippen LogP contribution in [0.25, 0.3) is 0 Å². The lowest BCUT2D eigenvalue weighted by molar-refractivity contribution is -0.137. The van der Waals surface area contributed by atoms with E-state index in [0.29, 0.717) is 0 Å². The van der Waals surface area contributed by atoms with Gasteiger partial charge >= 0.3 is 6.18 Å². The summed E-state index contributed by atoms with van der Waals surface area (Å²) >= 11 is 0. The average molecular weight is 240 g/mol. The molecule has 2 rings (SSSR count). The Morgan fingerprint density at radius 2 is 1.71 bits per heavy atom. The van der Waals surface area contributed by atoms with Gasteiger partial charge in [0.1, 0.15) is 0 Å². The van der Waals surface area contributed by atoms with Gasteiger partial charge in [-0.1, -0.05) is 30.7 Å². The van der Waals surface area contributed by atoms with Gasteiger partial charge in [-0.25, -0.2) is 0 Å². The van der Waals surface area contributed by atoms with Crippen molar-refractivity contribution in [3.05, 3.63) is 47.5 Å². The summed E-state index contributed by atoms with van der Waals surface area (Å²) in [7, 11) is 0. The molecule has 1 aliphatic carbocycles. The first-order valence-electron chi connectivity index (χ1n) is 5.91. The second-order valence-corrected chi connectivity index (χ2v) is 4.44. The molecule has 17 heavy (non-hydrogen) atoms. The van der Waals surface area contributed by atoms with Gasteiger partial charge in [-0.05, 0) is 37.0 Å². The van der Waals surface area contributed by atoms with E-state index in [1.165, 1.54) is 18.6 Å². The molecule has 0 aromatic heterocycles. The summed E-state index contributed by atoms with van der Waals surface area (Å²) in [6, 6.07) is 5.55. The van der Waals surface area contributed by atoms with E-state index < -0.39 is 11.7 Å². The van der Waals surface area contributed by atoms with Crippen LogP contribution in [0.4, 0.5) is 13.2 Å². The van der Waals surface area contributed by atoms with E-state index in [2.05, 4.69) is 12.2 Å². The lowest BCUT2D eigenvalue weighted by Gasteiger charge is -2.13. The molecule has 1 aromatic carbocycles. The van der Waals surface area contributed by atoms with Crippen LogP contribution >= 0.6 is 0 Å². The van der Waals surface area contributed by atoms with E-state index in [-0.39, 0.29) is 5.92 Å². The van der Waals surface area contributed by atoms with Gasteiger partial charge in [-0.15, -0.1) is 0 Å². The Morgan fingerprint density at radius 3 is 2.35 bits per heavy atom. The van der Waals surface area contributed by atoms with Crippen molar-refractivity contribution in [2.75, 3.05) is 0 Å². The molecular formula is C14H15F3. The monoisotopic (exact) mass is 240 g/mol. The van der Waals surface area contributed by atoms with Crippen LogP contribution in [0, 0.1) is 0 Å². The fraction of sp³-hybridized carbons (Fsp3) is 0.429. The first-order chi connectivity index (χ1) is 8.07. The minimum Gasteiger partial charge on any atom is -0.166 e. The summed E-state index contributed by atoms with van der Waals surface area (Å²) < 4.78 is 37.2. The van der Waals surface area contributed by atoms with Gasteiger partial charge < -0.3 is 0 Å². The predicted molar refractivity (Wildman–Crippen MR) is 61.8 cm³/mol. The second-order valence-electron chi connectivity index (χ2n) is 4.44. The van der Waals surface area contributed by atoms with Gasteiger partial charge in [0.2, 0.25) is 0 Å². The molecule has 0 amide bonds. The molecule has 0 saturated heterocycles. The maximum absolute atomic E-state index is 12.4. The van der Waals surface area contributed by atoms with Crippen LogP contribution in [-0.2, 0) is 6.18 Å². The van der Waals surface area contributed by atoms with Crippen molar-refractivity contribution in [2.24, 2.45) is 0 Å². The third-order valence-corrected chi connectivity index (χ3v) is 3.17. The third-order valence-electron chi connectivity index (χ3n) is 3.17. The summed E-state index contributed by atoms with van der Waals surface area (Å²) in [6.45, 7) is 0. The van der Waals surface area contributed by atoms with Crippen LogP contribution in [0.15, 0.2) is 36.4 Å². The molecule has 0 heterocycles. The maximum atomic E-state index is 12.4. The zero-order valence-corrected chi connectivity index (χ0v) is 9.50. The lowest BCUT2D eigenvalue weighted by atomic mass is 9.94. The molecule has 0 N–H and O–H groups in total. The first kappa shape index (κ1) is 12.2. The van der Waals surface area contributed by atoms with Crippen molar-refractivity contribution < 1.29 is 13.2 Å². The molecule has 1 aliphatic rings. The first-order valence-corrected chi connectivity index (χ1v) is 5.91. The standard InChI is InChI=1S/C14H15F3/c15-14(16,17)13-9-7-12(8-10-13)11-5-3-1-2-4-6-11/h3,5,7-11H,1-2,4,6H2. The Kier molecular flexibility index (Phi) is 3.55. The van der Waals surface area contributed by atoms with Crippen LogP contribution in [0.5, 0.6) is 0 Å². The molecular weight excluding hydrogens is 225 g/mol. The Balaban J connectivity index is 2.17. The molecule has 0 bridgehead atoms. The van der Waals surface area contributed by atoms with Crippen molar-refractivity contribution >= 4 is 0 Å². The predicted octanol–water partition coefficient (Wildman–Crippen LogP) is 4.92. The highest BCUT2D eigenvalue weighted by Gasteiger charge is 2.30. The third kappa shape index (κ3) is 3.11. The van der Waals surface area contributed by atoms with Gasteiger partial charge in [0.15, 0.2) is 0 Å². The number of halogens is 3. The SMILES string of the molecule is FC(F)(F)c1ccc(C2C=CCCCC2)cc1. The molecule has 0 radical (unpaired) electrons. The van der Waals surface area contributed by atoms with E-state index in [9.17, 15) is 13.2 Å². The van der Waals surface area contributed by atoms with E-state index >= 15 is 0 Å². The van der Waals surface area contributed by atoms with Gasteiger partial charge in [0.05, 0.1) is 5.56 Å². The number of rotatable bonds is 1. The summed E-state index contributed by atoms with van der Waals surface area (Å²) in [5.41, 5.74) is 0.412. The fourth-order valence-electron chi connectivity index (χ4n) is 2.18. The minimum absolute atomic E-state index is 0.278. The topological polar surface area (TPSA) is 0 Å². The number of allylic oxidation sites excluding steroid dienone is 2. The van der Waals surface area contributed by atoms with Crippen LogP contribution in [-0.4, -0.2) is 0 Å². The second kappa shape index (κ2) is 4.94. The molecule has 0 spiro atoms. The highest BCUT2D eigenvalue weighted by Crippen LogP contribution is 2.32. The summed E-state index contributed by atoms with van der Waals surface area (Å²) in [4.78, 5) is 0. The molecule has 0 fully saturated rings. The van der Waals surface area contributed by atoms with Gasteiger partial charge in [-0.2, -0.15) is 13.2 Å². The largest absolute Gasteiger partial charge is 0.416 e. The van der Waals surface area contributed by atoms with Crippen molar-refractivity contribution in [3.63, 3.8) is 0 Å². The van der Waals surface area contributed by atoms with Gasteiger partial charge in [0.25, 0.3) is 0 Å². The van der Waals surface area contributed by atoms with E-state index in [1.54, 1.807) is 12.1 Å². The zero-order valence-electron chi connectivity index (χ0n) is 9.50. The molecule has 0 nitrogen and oxygen atoms in total. The number of alkyl halides is 3. The zero-order chi connectivity index (χ0) is 12.3. The van der Waals surface area contributed by atoms with Crippen molar-refractivity contribution in [1.82, 2.24) is 0 Å². The van der Waals surface area contributed by atoms with E-state index in [0.717, 1.165) is 24.8 Å². The highest BCUT2D eigenvalue weighted by atomic mass is 19.4. The van der Waals surface area contributed by atoms with Crippen LogP contribution in [0.3, 0.4) is 0 Å². The van der Waals surface area contributed by atoms with Crippen molar-refractivity contribution in [1.29, 1.82) is 0 Å². The summed E-state index contributed by atoms with van der Waals surface area (Å²) in [5.74, 6) is 0.278. The van der Waals surface area contributed by atoms with Crippen LogP contribution < -0.4 is 0 Å². The van der Waals surface area contributed by atoms with Gasteiger partial charge in [0, 0.05) is 5.92 Å². The van der Waals surface area contributed by atoms with Crippen LogP contribution in [0.1, 0.15) is 42.7 Å². The molecule has 92 valence electrons. The fourth-order valence-corrected chi connectivity index (χ4v) is 2.18. The number of hydrogen-bond donors (Lipinski definition) is 0. The molecule has 1 aromatic rings. The van der Waals surface area contributed by atoms with Crippen LogP contribution in [0.2, 0.25) is 0 Å². The molecule has 3 heteroatoms. The van der Waals surface area contributed by atoms with E-state index in [4.69, 9.17) is 0 Å². The van der Waals surface area contributed by atoms with Gasteiger partial charge in [-0.3, -0.25) is 0 Å². The number of hydrogen-bond acceptors (Lipinski definition) is 0. The average Bonchev–Trinajstić information content (AvgIpc) is 2.56. The van der Waals surface area contributed by atoms with Crippen molar-refractivity contribution in [3.8, 4) is 0 Å². The summed E-state index contributed by atoms with van der Waals surface area (Å²) in [6.07, 6.45) is 4.44. The number of benzene rings is 1. The quantitative estimate of drug-likeness (QED) is 0.611. The van der Waals surface area contributed by atoms with Crippen molar-refractivity contribution in [2.45, 2.75) is 37.8 Å². The molecule has 0 saturated carbocycles. The molecule has 1 atom stereocenters. The minimum atomic E-state index is -4.24. The highest BCUT2D eigenvalue weighted by molar-refractivity contribution is 5.29. The lowest BCUT2D eigenvalue weighted by Crippen LogP contribution is -2.05. The Bertz CT molecular complexity index is 387. The molecule has 0 aliphatic heterocycles. The Labute approximate surface area is 99.2 Å². The maximum Gasteiger partial charge on any atom is 0.416 e. The smallest absolute Gasteiger partial charge is 0.166 e. The normalized spacial score (nSPS) is 21.2. The van der Waals surface area contributed by atoms with E-state index in [1.807, 2.05) is 0 Å². The Hall–Kier alpha value is -1.25. The summed E-state index contributed by atoms with van der Waals surface area (Å²) in [5, 5.41) is 0.